The predicted molar refractivity (Wildman–Crippen MR) is 67.0 cm³/mol. The van der Waals surface area contributed by atoms with Gasteiger partial charge in [0.25, 0.3) is 0 Å². The number of alkyl halides is 3. The molecule has 0 saturated carbocycles. The zero-order chi connectivity index (χ0) is 15.6. The molecule has 0 spiro atoms. The molecule has 0 bridgehead atoms. The number of imidazole rings is 1. The molecule has 0 fully saturated rings. The molecule has 2 rings (SSSR count). The van der Waals surface area contributed by atoms with Crippen molar-refractivity contribution in [3.05, 3.63) is 57.3 Å². The van der Waals surface area contributed by atoms with Crippen LogP contribution in [0.4, 0.5) is 13.2 Å². The number of methoxy groups -OCH3 is 1. The van der Waals surface area contributed by atoms with E-state index in [-0.39, 0.29) is 23.4 Å². The number of hydrogen-bond acceptors (Lipinski definition) is 3. The van der Waals surface area contributed by atoms with Crippen LogP contribution >= 0.6 is 0 Å². The topological polar surface area (TPSA) is 75.0 Å². The second-order valence-electron chi connectivity index (χ2n) is 4.26. The van der Waals surface area contributed by atoms with Crippen molar-refractivity contribution < 1.29 is 22.7 Å². The fourth-order valence-corrected chi connectivity index (χ4v) is 1.97. The average Bonchev–Trinajstić information content (AvgIpc) is 2.78. The van der Waals surface area contributed by atoms with Crippen LogP contribution in [0.2, 0.25) is 0 Å². The zero-order valence-corrected chi connectivity index (χ0v) is 10.9. The average molecular weight is 300 g/mol. The van der Waals surface area contributed by atoms with Crippen LogP contribution < -0.4 is 5.69 Å². The number of carbonyl (C=O) groups excluding carboxylic acids is 1. The maximum Gasteiger partial charge on any atom is 0.416 e. The normalized spacial score (nSPS) is 11.4. The van der Waals surface area contributed by atoms with Gasteiger partial charge in [0.05, 0.1) is 18.4 Å². The molecule has 0 amide bonds. The summed E-state index contributed by atoms with van der Waals surface area (Å²) in [6.45, 7) is 0. The predicted octanol–water partition coefficient (Wildman–Crippen LogP) is 2.10. The Morgan fingerprint density at radius 2 is 1.90 bits per heavy atom. The van der Waals surface area contributed by atoms with E-state index in [1.165, 1.54) is 18.2 Å². The van der Waals surface area contributed by atoms with E-state index in [0.29, 0.717) is 0 Å². The van der Waals surface area contributed by atoms with Gasteiger partial charge in [0.15, 0.2) is 0 Å². The van der Waals surface area contributed by atoms with E-state index in [1.54, 1.807) is 0 Å². The molecular formula is C13H11F3N2O3. The van der Waals surface area contributed by atoms with Crippen molar-refractivity contribution in [3.63, 3.8) is 0 Å². The molecule has 0 saturated heterocycles. The highest BCUT2D eigenvalue weighted by molar-refractivity contribution is 5.88. The third-order valence-electron chi connectivity index (χ3n) is 2.88. The standard InChI is InChI=1S/C13H11F3N2O3/c1-21-11(19)10-9(17-12(20)18-10)6-7-4-2-3-5-8(7)13(14,15)16/h2-5H,6H2,1H3,(H2,17,18,20). The van der Waals surface area contributed by atoms with Gasteiger partial charge >= 0.3 is 17.8 Å². The lowest BCUT2D eigenvalue weighted by atomic mass is 10.0. The van der Waals surface area contributed by atoms with E-state index >= 15 is 0 Å². The van der Waals surface area contributed by atoms with Gasteiger partial charge in [-0.05, 0) is 11.6 Å². The number of hydrogen-bond donors (Lipinski definition) is 2. The molecular weight excluding hydrogens is 289 g/mol. The molecule has 1 aromatic carbocycles. The number of aromatic nitrogens is 2. The molecule has 0 unspecified atom stereocenters. The fraction of sp³-hybridized carbons (Fsp3) is 0.231. The summed E-state index contributed by atoms with van der Waals surface area (Å²) in [7, 11) is 1.11. The van der Waals surface area contributed by atoms with Crippen LogP contribution in [0.25, 0.3) is 0 Å². The molecule has 2 N–H and O–H groups in total. The van der Waals surface area contributed by atoms with Crippen LogP contribution in [0.15, 0.2) is 29.1 Å². The van der Waals surface area contributed by atoms with Gasteiger partial charge in [-0.2, -0.15) is 13.2 Å². The molecule has 1 heterocycles. The van der Waals surface area contributed by atoms with Gasteiger partial charge in [-0.15, -0.1) is 0 Å². The Hall–Kier alpha value is -2.51. The van der Waals surface area contributed by atoms with Crippen LogP contribution in [0, 0.1) is 0 Å². The van der Waals surface area contributed by atoms with Gasteiger partial charge in [0.2, 0.25) is 0 Å². The Balaban J connectivity index is 2.45. The first-order valence-corrected chi connectivity index (χ1v) is 5.87. The van der Waals surface area contributed by atoms with Crippen LogP contribution in [-0.2, 0) is 17.3 Å². The Kier molecular flexibility index (Phi) is 3.88. The monoisotopic (exact) mass is 300 g/mol. The van der Waals surface area contributed by atoms with E-state index in [0.717, 1.165) is 13.2 Å². The maximum atomic E-state index is 12.9. The first-order chi connectivity index (χ1) is 9.82. The summed E-state index contributed by atoms with van der Waals surface area (Å²) >= 11 is 0. The van der Waals surface area contributed by atoms with Crippen molar-refractivity contribution >= 4 is 5.97 Å². The summed E-state index contributed by atoms with van der Waals surface area (Å²) in [4.78, 5) is 27.3. The van der Waals surface area contributed by atoms with Crippen molar-refractivity contribution in [2.45, 2.75) is 12.6 Å². The molecule has 2 aromatic rings. The Bertz CT molecular complexity index is 716. The van der Waals surface area contributed by atoms with Gasteiger partial charge in [-0.3, -0.25) is 4.98 Å². The van der Waals surface area contributed by atoms with E-state index in [9.17, 15) is 22.8 Å². The number of halogens is 3. The summed E-state index contributed by atoms with van der Waals surface area (Å²) in [5.41, 5.74) is -1.69. The SMILES string of the molecule is COC(=O)c1[nH]c(=O)[nH]c1Cc1ccccc1C(F)(F)F. The summed E-state index contributed by atoms with van der Waals surface area (Å²) < 4.78 is 43.2. The highest BCUT2D eigenvalue weighted by atomic mass is 19.4. The smallest absolute Gasteiger partial charge is 0.416 e. The number of H-pyrrole nitrogens is 2. The zero-order valence-electron chi connectivity index (χ0n) is 10.9. The molecule has 112 valence electrons. The second kappa shape index (κ2) is 5.47. The quantitative estimate of drug-likeness (QED) is 0.852. The maximum absolute atomic E-state index is 12.9. The number of nitrogens with one attached hydrogen (secondary N) is 2. The van der Waals surface area contributed by atoms with Crippen molar-refractivity contribution in [1.29, 1.82) is 0 Å². The minimum absolute atomic E-state index is 0.0450. The molecule has 1 aromatic heterocycles. The van der Waals surface area contributed by atoms with Gasteiger partial charge < -0.3 is 9.72 Å². The van der Waals surface area contributed by atoms with Gasteiger partial charge in [0, 0.05) is 6.42 Å². The summed E-state index contributed by atoms with van der Waals surface area (Å²) in [5, 5.41) is 0. The fourth-order valence-electron chi connectivity index (χ4n) is 1.97. The summed E-state index contributed by atoms with van der Waals surface area (Å²) in [6, 6.07) is 4.95. The number of aromatic amines is 2. The molecule has 0 atom stereocenters. The molecule has 0 aliphatic heterocycles. The molecule has 8 heteroatoms. The van der Waals surface area contributed by atoms with Gasteiger partial charge in [-0.1, -0.05) is 18.2 Å². The van der Waals surface area contributed by atoms with E-state index < -0.39 is 23.4 Å². The van der Waals surface area contributed by atoms with E-state index in [2.05, 4.69) is 14.7 Å². The third kappa shape index (κ3) is 3.15. The van der Waals surface area contributed by atoms with Crippen molar-refractivity contribution in [3.8, 4) is 0 Å². The van der Waals surface area contributed by atoms with Crippen molar-refractivity contribution in [2.75, 3.05) is 7.11 Å². The minimum Gasteiger partial charge on any atom is -0.464 e. The number of rotatable bonds is 3. The largest absolute Gasteiger partial charge is 0.464 e. The van der Waals surface area contributed by atoms with Gasteiger partial charge in [-0.25, -0.2) is 9.59 Å². The number of carbonyl (C=O) groups is 1. The molecule has 0 aliphatic carbocycles. The van der Waals surface area contributed by atoms with Crippen LogP contribution in [0.1, 0.15) is 27.3 Å². The lowest BCUT2D eigenvalue weighted by Crippen LogP contribution is -2.11. The first-order valence-electron chi connectivity index (χ1n) is 5.87. The van der Waals surface area contributed by atoms with Crippen molar-refractivity contribution in [1.82, 2.24) is 9.97 Å². The van der Waals surface area contributed by atoms with E-state index in [4.69, 9.17) is 0 Å². The second-order valence-corrected chi connectivity index (χ2v) is 4.26. The minimum atomic E-state index is -4.52. The third-order valence-corrected chi connectivity index (χ3v) is 2.88. The highest BCUT2D eigenvalue weighted by Crippen LogP contribution is 2.32. The molecule has 0 radical (unpaired) electrons. The number of ether oxygens (including phenoxy) is 1. The van der Waals surface area contributed by atoms with E-state index in [1.807, 2.05) is 0 Å². The summed E-state index contributed by atoms with van der Waals surface area (Å²) in [6.07, 6.45) is -4.77. The number of benzene rings is 1. The molecule has 21 heavy (non-hydrogen) atoms. The Morgan fingerprint density at radius 1 is 1.24 bits per heavy atom. The van der Waals surface area contributed by atoms with Crippen LogP contribution in [0.5, 0.6) is 0 Å². The number of esters is 1. The van der Waals surface area contributed by atoms with Gasteiger partial charge in [0.1, 0.15) is 5.69 Å². The van der Waals surface area contributed by atoms with Crippen molar-refractivity contribution in [2.24, 2.45) is 0 Å². The lowest BCUT2D eigenvalue weighted by molar-refractivity contribution is -0.138. The Labute approximate surface area is 116 Å². The summed E-state index contributed by atoms with van der Waals surface area (Å²) in [5.74, 6) is -0.826. The van der Waals surface area contributed by atoms with Crippen LogP contribution in [0.3, 0.4) is 0 Å². The first kappa shape index (κ1) is 14.9. The lowest BCUT2D eigenvalue weighted by Gasteiger charge is -2.12. The van der Waals surface area contributed by atoms with Crippen LogP contribution in [-0.4, -0.2) is 23.0 Å². The molecule has 0 aliphatic rings. The molecule has 5 nitrogen and oxygen atoms in total. The Morgan fingerprint density at radius 3 is 2.52 bits per heavy atom. The highest BCUT2D eigenvalue weighted by Gasteiger charge is 2.33.